The number of amides is 3. The molecule has 0 aliphatic carbocycles. The van der Waals surface area contributed by atoms with E-state index in [1.54, 1.807) is 16.9 Å². The van der Waals surface area contributed by atoms with Gasteiger partial charge in [0.25, 0.3) is 11.8 Å². The third-order valence-electron chi connectivity index (χ3n) is 12.7. The van der Waals surface area contributed by atoms with Gasteiger partial charge < -0.3 is 24.8 Å². The van der Waals surface area contributed by atoms with Crippen molar-refractivity contribution in [2.24, 2.45) is 5.92 Å². The lowest BCUT2D eigenvalue weighted by Crippen LogP contribution is -2.52. The van der Waals surface area contributed by atoms with Crippen molar-refractivity contribution in [1.82, 2.24) is 4.90 Å². The topological polar surface area (TPSA) is 108 Å². The van der Waals surface area contributed by atoms with Crippen molar-refractivity contribution < 1.29 is 29.0 Å². The average Bonchev–Trinajstić information content (AvgIpc) is 3.76. The zero-order valence-corrected chi connectivity index (χ0v) is 31.8. The summed E-state index contributed by atoms with van der Waals surface area (Å²) >= 11 is 0. The third kappa shape index (κ3) is 5.00. The van der Waals surface area contributed by atoms with Crippen LogP contribution >= 0.6 is 0 Å². The third-order valence-corrected chi connectivity index (χ3v) is 17.0. The summed E-state index contributed by atoms with van der Waals surface area (Å²) in [5.41, 5.74) is 4.06. The lowest BCUT2D eigenvalue weighted by molar-refractivity contribution is -0.149. The monoisotopic (exact) mass is 737 g/mol. The summed E-state index contributed by atoms with van der Waals surface area (Å²) in [5.74, 6) is -0.0671. The molecule has 1 spiro atoms. The highest BCUT2D eigenvalue weighted by atomic mass is 28.3. The maximum atomic E-state index is 14.5. The number of benzene rings is 5. The fraction of sp³-hybridized carbons (Fsp3) is 0.295. The zero-order valence-electron chi connectivity index (χ0n) is 30.8. The number of carbonyl (C=O) groups excluding carboxylic acids is 3. The van der Waals surface area contributed by atoms with E-state index in [-0.39, 0.29) is 48.3 Å². The van der Waals surface area contributed by atoms with Crippen molar-refractivity contribution in [1.29, 1.82) is 0 Å². The Hall–Kier alpha value is -5.29. The van der Waals surface area contributed by atoms with Gasteiger partial charge in [-0.1, -0.05) is 85.9 Å². The highest BCUT2D eigenvalue weighted by molar-refractivity contribution is 6.91. The Bertz CT molecular complexity index is 2360. The van der Waals surface area contributed by atoms with Crippen LogP contribution in [-0.2, 0) is 32.9 Å². The maximum absolute atomic E-state index is 14.5. The van der Waals surface area contributed by atoms with Crippen LogP contribution in [0, 0.1) is 5.92 Å². The molecule has 10 heteroatoms. The molecule has 5 atom stereocenters. The van der Waals surface area contributed by atoms with Crippen LogP contribution in [0.3, 0.4) is 0 Å². The van der Waals surface area contributed by atoms with Crippen LogP contribution in [0.15, 0.2) is 103 Å². The molecule has 9 rings (SSSR count). The Morgan fingerprint density at radius 3 is 2.44 bits per heavy atom. The van der Waals surface area contributed by atoms with Gasteiger partial charge in [0, 0.05) is 34.8 Å². The molecular weight excluding hydrogens is 695 g/mol. The van der Waals surface area contributed by atoms with E-state index in [0.717, 1.165) is 33.3 Å². The first-order chi connectivity index (χ1) is 26.1. The highest BCUT2D eigenvalue weighted by Gasteiger charge is 2.65. The second-order valence-electron chi connectivity index (χ2n) is 15.7. The summed E-state index contributed by atoms with van der Waals surface area (Å²) in [4.78, 5) is 46.5. The number of hydrogen-bond acceptors (Lipinski definition) is 6. The molecule has 1 fully saturated rings. The van der Waals surface area contributed by atoms with Crippen molar-refractivity contribution in [2.75, 3.05) is 23.9 Å². The normalized spacial score (nSPS) is 24.2. The molecule has 9 nitrogen and oxygen atoms in total. The molecule has 4 aliphatic heterocycles. The van der Waals surface area contributed by atoms with E-state index in [4.69, 9.17) is 9.47 Å². The summed E-state index contributed by atoms with van der Waals surface area (Å²) in [5, 5.41) is 16.6. The number of ether oxygens (including phenoxy) is 2. The van der Waals surface area contributed by atoms with Gasteiger partial charge in [0.15, 0.2) is 5.60 Å². The Morgan fingerprint density at radius 2 is 1.70 bits per heavy atom. The van der Waals surface area contributed by atoms with E-state index in [0.29, 0.717) is 35.5 Å². The summed E-state index contributed by atoms with van der Waals surface area (Å²) in [6, 6.07) is 33.2. The van der Waals surface area contributed by atoms with E-state index in [9.17, 15) is 19.5 Å². The lowest BCUT2D eigenvalue weighted by atomic mass is 9.82. The Kier molecular flexibility index (Phi) is 8.08. The molecule has 274 valence electrons. The van der Waals surface area contributed by atoms with E-state index in [2.05, 4.69) is 43.5 Å². The standard InChI is InChI=1S/C44H43N3O6Si/c1-26-41(54(3,4)33-18-16-32(52-2)17-19-33)38(23-39(49)46-24-29-10-6-5-9-28(29)21-31(46)25-48)53-44(26)35-22-30(15-20-36(35)45-43(44)51)47-37-14-8-12-27-11-7-13-34(40(27)37)42(47)50/h5-20,22,26,31,38,41,48H,21,23-25H2,1-4H3,(H,45,51)/t26-,31+,38+,41-,44+/m1/s1. The molecule has 5 aromatic rings. The first kappa shape index (κ1) is 34.5. The maximum Gasteiger partial charge on any atom is 0.263 e. The molecule has 4 aliphatic rings. The van der Waals surface area contributed by atoms with Crippen molar-refractivity contribution in [3.05, 3.63) is 125 Å². The number of aliphatic hydroxyl groups is 1. The number of methoxy groups -OCH3 is 1. The summed E-state index contributed by atoms with van der Waals surface area (Å²) in [6.07, 6.45) is 0.0387. The molecular formula is C44H43N3O6Si. The van der Waals surface area contributed by atoms with Gasteiger partial charge in [0.05, 0.1) is 51.6 Å². The number of carbonyl (C=O) groups is 3. The van der Waals surface area contributed by atoms with Crippen molar-refractivity contribution in [2.45, 2.75) is 62.7 Å². The summed E-state index contributed by atoms with van der Waals surface area (Å²) in [6.45, 7) is 6.92. The predicted octanol–water partition coefficient (Wildman–Crippen LogP) is 6.64. The van der Waals surface area contributed by atoms with Gasteiger partial charge >= 0.3 is 0 Å². The molecule has 54 heavy (non-hydrogen) atoms. The highest BCUT2D eigenvalue weighted by Crippen LogP contribution is 2.59. The van der Waals surface area contributed by atoms with Crippen molar-refractivity contribution >= 4 is 58.8 Å². The SMILES string of the molecule is COc1ccc([Si](C)(C)[C@H]2[C@H](CC(=O)N3Cc4ccccc4C[C@H]3CO)O[C@@]3(C(=O)Nc4ccc(N5C(=O)c6cccc7cccc5c67)cc43)[C@@H]2C)cc1. The molecule has 0 bridgehead atoms. The molecule has 0 radical (unpaired) electrons. The second kappa shape index (κ2) is 12.6. The molecule has 2 N–H and O–H groups in total. The fourth-order valence-corrected chi connectivity index (χ4v) is 14.0. The molecule has 0 unspecified atom stereocenters. The van der Waals surface area contributed by atoms with Crippen LogP contribution in [-0.4, -0.2) is 61.7 Å². The van der Waals surface area contributed by atoms with Gasteiger partial charge in [-0.2, -0.15) is 0 Å². The minimum Gasteiger partial charge on any atom is -0.497 e. The van der Waals surface area contributed by atoms with Gasteiger partial charge in [-0.3, -0.25) is 19.3 Å². The Morgan fingerprint density at radius 1 is 0.963 bits per heavy atom. The largest absolute Gasteiger partial charge is 0.497 e. The van der Waals surface area contributed by atoms with Crippen LogP contribution < -0.4 is 20.1 Å². The summed E-state index contributed by atoms with van der Waals surface area (Å²) in [7, 11) is -0.876. The van der Waals surface area contributed by atoms with Gasteiger partial charge in [0.1, 0.15) is 5.75 Å². The number of anilines is 3. The van der Waals surface area contributed by atoms with Crippen LogP contribution in [0.25, 0.3) is 10.8 Å². The minimum absolute atomic E-state index is 0.0617. The molecule has 5 aromatic carbocycles. The van der Waals surface area contributed by atoms with Gasteiger partial charge in [0.2, 0.25) is 5.91 Å². The van der Waals surface area contributed by atoms with Gasteiger partial charge in [-0.15, -0.1) is 0 Å². The second-order valence-corrected chi connectivity index (χ2v) is 20.4. The molecule has 0 aromatic heterocycles. The fourth-order valence-electron chi connectivity index (χ4n) is 9.96. The van der Waals surface area contributed by atoms with Crippen molar-refractivity contribution in [3.8, 4) is 5.75 Å². The zero-order chi connectivity index (χ0) is 37.5. The quantitative estimate of drug-likeness (QED) is 0.181. The molecule has 4 heterocycles. The summed E-state index contributed by atoms with van der Waals surface area (Å²) < 4.78 is 12.7. The smallest absolute Gasteiger partial charge is 0.263 e. The Labute approximate surface area is 315 Å². The lowest BCUT2D eigenvalue weighted by Gasteiger charge is -2.39. The number of rotatable bonds is 7. The number of hydrogen-bond donors (Lipinski definition) is 2. The number of fused-ring (bicyclic) bond motifs is 3. The number of nitrogens with one attached hydrogen (secondary N) is 1. The first-order valence-electron chi connectivity index (χ1n) is 18.7. The average molecular weight is 738 g/mol. The van der Waals surface area contributed by atoms with E-state index >= 15 is 0 Å². The first-order valence-corrected chi connectivity index (χ1v) is 21.8. The number of nitrogens with zero attached hydrogens (tertiary/aromatic N) is 2. The van der Waals surface area contributed by atoms with E-state index in [1.165, 1.54) is 5.19 Å². The molecule has 1 saturated heterocycles. The van der Waals surface area contributed by atoms with Crippen LogP contribution in [0.4, 0.5) is 17.1 Å². The number of aliphatic hydroxyl groups excluding tert-OH is 1. The van der Waals surface area contributed by atoms with Crippen LogP contribution in [0.2, 0.25) is 18.6 Å². The predicted molar refractivity (Wildman–Crippen MR) is 211 cm³/mol. The van der Waals surface area contributed by atoms with E-state index in [1.807, 2.05) is 84.9 Å². The van der Waals surface area contributed by atoms with Gasteiger partial charge in [-0.05, 0) is 70.9 Å². The minimum atomic E-state index is -2.52. The van der Waals surface area contributed by atoms with Crippen LogP contribution in [0.1, 0.15) is 40.4 Å². The van der Waals surface area contributed by atoms with E-state index < -0.39 is 19.8 Å². The molecule has 3 amide bonds. The van der Waals surface area contributed by atoms with Crippen LogP contribution in [0.5, 0.6) is 5.75 Å². The van der Waals surface area contributed by atoms with Gasteiger partial charge in [-0.25, -0.2) is 0 Å². The Balaban J connectivity index is 1.13. The molecule has 0 saturated carbocycles. The van der Waals surface area contributed by atoms with Crippen molar-refractivity contribution in [3.63, 3.8) is 0 Å².